The van der Waals surface area contributed by atoms with Crippen molar-refractivity contribution in [2.45, 2.75) is 0 Å². The molecule has 66 heavy (non-hydrogen) atoms. The van der Waals surface area contributed by atoms with Crippen molar-refractivity contribution in [2.24, 2.45) is 0 Å². The third-order valence-electron chi connectivity index (χ3n) is 13.0. The standard InChI is InChI=1S/C64H44N2/c1-4-18-45(19-5-1)46-34-36-47(37-35-46)48-38-41-53(42-39-48)65(62-33-15-12-28-57(62)59-30-17-23-50-22-16-29-55(64(50)59)49-20-6-2-7-21-49)60-31-13-10-26-54(60)51-40-43-58-56-27-11-14-32-61(56)66(63(58)44-51)52-24-8-3-9-25-52/h1-44H. The van der Waals surface area contributed by atoms with Crippen molar-refractivity contribution < 1.29 is 0 Å². The van der Waals surface area contributed by atoms with E-state index >= 15 is 0 Å². The van der Waals surface area contributed by atoms with Gasteiger partial charge in [-0.15, -0.1) is 0 Å². The molecule has 0 bridgehead atoms. The van der Waals surface area contributed by atoms with E-state index in [0.29, 0.717) is 0 Å². The fraction of sp³-hybridized carbons (Fsp3) is 0. The molecule has 0 atom stereocenters. The number of aromatic nitrogens is 1. The minimum Gasteiger partial charge on any atom is -0.309 e. The zero-order chi connectivity index (χ0) is 43.8. The lowest BCUT2D eigenvalue weighted by molar-refractivity contribution is 1.18. The van der Waals surface area contributed by atoms with E-state index in [2.05, 4.69) is 276 Å². The highest BCUT2D eigenvalue weighted by Gasteiger charge is 2.23. The highest BCUT2D eigenvalue weighted by molar-refractivity contribution is 6.11. The van der Waals surface area contributed by atoms with Crippen molar-refractivity contribution in [2.75, 3.05) is 4.90 Å². The molecule has 0 saturated heterocycles. The summed E-state index contributed by atoms with van der Waals surface area (Å²) in [5.41, 5.74) is 18.6. The number of rotatable bonds is 9. The van der Waals surface area contributed by atoms with Crippen LogP contribution in [0.1, 0.15) is 0 Å². The smallest absolute Gasteiger partial charge is 0.0547 e. The van der Waals surface area contributed by atoms with E-state index in [-0.39, 0.29) is 0 Å². The second-order valence-electron chi connectivity index (χ2n) is 16.9. The molecule has 1 heterocycles. The molecule has 0 spiro atoms. The highest BCUT2D eigenvalue weighted by atomic mass is 15.1. The van der Waals surface area contributed by atoms with E-state index in [1.54, 1.807) is 0 Å². The molecule has 0 radical (unpaired) electrons. The van der Waals surface area contributed by atoms with E-state index in [9.17, 15) is 0 Å². The number of fused-ring (bicyclic) bond motifs is 4. The van der Waals surface area contributed by atoms with Crippen LogP contribution in [-0.4, -0.2) is 4.57 Å². The molecule has 2 nitrogen and oxygen atoms in total. The maximum absolute atomic E-state index is 2.47. The van der Waals surface area contributed by atoms with Gasteiger partial charge in [-0.25, -0.2) is 0 Å². The Labute approximate surface area is 385 Å². The molecular weight excluding hydrogens is 797 g/mol. The Balaban J connectivity index is 1.06. The Bertz CT molecular complexity index is 3660. The van der Waals surface area contributed by atoms with Crippen molar-refractivity contribution >= 4 is 49.6 Å². The summed E-state index contributed by atoms with van der Waals surface area (Å²) in [6, 6.07) is 96.9. The van der Waals surface area contributed by atoms with Gasteiger partial charge < -0.3 is 9.47 Å². The second-order valence-corrected chi connectivity index (χ2v) is 16.9. The van der Waals surface area contributed by atoms with E-state index in [1.807, 2.05) is 0 Å². The molecular formula is C64H44N2. The Morgan fingerprint density at radius 1 is 0.273 bits per heavy atom. The summed E-state index contributed by atoms with van der Waals surface area (Å²) in [4.78, 5) is 2.47. The summed E-state index contributed by atoms with van der Waals surface area (Å²) in [5, 5.41) is 4.92. The lowest BCUT2D eigenvalue weighted by Gasteiger charge is -2.30. The quantitative estimate of drug-likeness (QED) is 0.141. The minimum absolute atomic E-state index is 1.07. The van der Waals surface area contributed by atoms with Gasteiger partial charge in [0.25, 0.3) is 0 Å². The summed E-state index contributed by atoms with van der Waals surface area (Å²) < 4.78 is 2.40. The number of nitrogens with zero attached hydrogens (tertiary/aromatic N) is 2. The minimum atomic E-state index is 1.07. The first-order chi connectivity index (χ1) is 32.8. The normalized spacial score (nSPS) is 11.3. The summed E-state index contributed by atoms with van der Waals surface area (Å²) in [7, 11) is 0. The van der Waals surface area contributed by atoms with E-state index < -0.39 is 0 Å². The number of hydrogen-bond donors (Lipinski definition) is 0. The third kappa shape index (κ3) is 6.93. The average molecular weight is 841 g/mol. The summed E-state index contributed by atoms with van der Waals surface area (Å²) >= 11 is 0. The van der Waals surface area contributed by atoms with Crippen LogP contribution >= 0.6 is 0 Å². The van der Waals surface area contributed by atoms with Gasteiger partial charge in [-0.3, -0.25) is 0 Å². The first-order valence-corrected chi connectivity index (χ1v) is 22.7. The van der Waals surface area contributed by atoms with Gasteiger partial charge in [-0.1, -0.05) is 218 Å². The van der Waals surface area contributed by atoms with Gasteiger partial charge >= 0.3 is 0 Å². The molecule has 1 aromatic heterocycles. The summed E-state index contributed by atoms with van der Waals surface area (Å²) in [6.45, 7) is 0. The van der Waals surface area contributed by atoms with Crippen LogP contribution < -0.4 is 4.90 Å². The van der Waals surface area contributed by atoms with Crippen molar-refractivity contribution in [1.29, 1.82) is 0 Å². The SMILES string of the molecule is c1ccc(-c2ccc(-c3ccc(N(c4ccccc4-c4ccc5c6ccccc6n(-c6ccccc6)c5c4)c4ccccc4-c4cccc5cccc(-c6ccccc6)c45)cc3)cc2)cc1. The lowest BCUT2D eigenvalue weighted by Crippen LogP contribution is -2.12. The molecule has 0 N–H and O–H groups in total. The molecule has 0 saturated carbocycles. The predicted molar refractivity (Wildman–Crippen MR) is 280 cm³/mol. The Kier molecular flexibility index (Phi) is 9.89. The van der Waals surface area contributed by atoms with E-state index in [4.69, 9.17) is 0 Å². The van der Waals surface area contributed by atoms with Crippen LogP contribution in [0.4, 0.5) is 17.1 Å². The van der Waals surface area contributed by atoms with Gasteiger partial charge in [0.2, 0.25) is 0 Å². The number of anilines is 3. The molecule has 11 aromatic carbocycles. The van der Waals surface area contributed by atoms with Crippen LogP contribution in [0.25, 0.3) is 93.9 Å². The third-order valence-corrected chi connectivity index (χ3v) is 13.0. The fourth-order valence-corrected chi connectivity index (χ4v) is 9.92. The van der Waals surface area contributed by atoms with E-state index in [0.717, 1.165) is 39.4 Å². The first-order valence-electron chi connectivity index (χ1n) is 22.7. The zero-order valence-electron chi connectivity index (χ0n) is 36.3. The molecule has 2 heteroatoms. The zero-order valence-corrected chi connectivity index (χ0v) is 36.3. The summed E-state index contributed by atoms with van der Waals surface area (Å²) in [6.07, 6.45) is 0. The number of hydrogen-bond acceptors (Lipinski definition) is 1. The van der Waals surface area contributed by atoms with Crippen molar-refractivity contribution in [3.05, 3.63) is 267 Å². The molecule has 0 aliphatic carbocycles. The second kappa shape index (κ2) is 16.8. The topological polar surface area (TPSA) is 8.17 Å². The molecule has 0 aliphatic heterocycles. The van der Waals surface area contributed by atoms with Crippen LogP contribution in [0.3, 0.4) is 0 Å². The van der Waals surface area contributed by atoms with Gasteiger partial charge in [0.1, 0.15) is 0 Å². The first kappa shape index (κ1) is 38.9. The molecule has 0 unspecified atom stereocenters. The number of benzene rings is 11. The van der Waals surface area contributed by atoms with Crippen molar-refractivity contribution in [3.63, 3.8) is 0 Å². The van der Waals surface area contributed by atoms with Crippen LogP contribution in [0.5, 0.6) is 0 Å². The molecule has 310 valence electrons. The van der Waals surface area contributed by atoms with E-state index in [1.165, 1.54) is 71.5 Å². The molecule has 0 aliphatic rings. The van der Waals surface area contributed by atoms with Crippen molar-refractivity contribution in [1.82, 2.24) is 4.57 Å². The Hall–Kier alpha value is -8.72. The molecule has 0 amide bonds. The molecule has 12 rings (SSSR count). The fourth-order valence-electron chi connectivity index (χ4n) is 9.92. The Morgan fingerprint density at radius 2 is 0.742 bits per heavy atom. The predicted octanol–water partition coefficient (Wildman–Crippen LogP) is 17.7. The molecule has 0 fully saturated rings. The highest BCUT2D eigenvalue weighted by Crippen LogP contribution is 2.48. The van der Waals surface area contributed by atoms with Gasteiger partial charge in [0, 0.05) is 33.3 Å². The maximum atomic E-state index is 2.47. The van der Waals surface area contributed by atoms with Gasteiger partial charge in [-0.05, 0) is 104 Å². The number of para-hydroxylation sites is 4. The summed E-state index contributed by atoms with van der Waals surface area (Å²) in [5.74, 6) is 0. The lowest BCUT2D eigenvalue weighted by atomic mass is 9.90. The van der Waals surface area contributed by atoms with Crippen molar-refractivity contribution in [3.8, 4) is 61.3 Å². The Morgan fingerprint density at radius 3 is 1.42 bits per heavy atom. The van der Waals surface area contributed by atoms with Crippen LogP contribution in [0.2, 0.25) is 0 Å². The maximum Gasteiger partial charge on any atom is 0.0547 e. The van der Waals surface area contributed by atoms with Crippen LogP contribution in [0, 0.1) is 0 Å². The van der Waals surface area contributed by atoms with Gasteiger partial charge in [-0.2, -0.15) is 0 Å². The van der Waals surface area contributed by atoms with Gasteiger partial charge in [0.15, 0.2) is 0 Å². The largest absolute Gasteiger partial charge is 0.309 e. The molecule has 12 aromatic rings. The van der Waals surface area contributed by atoms with Crippen LogP contribution in [0.15, 0.2) is 267 Å². The van der Waals surface area contributed by atoms with Crippen LogP contribution in [-0.2, 0) is 0 Å². The average Bonchev–Trinajstić information content (AvgIpc) is 3.73. The van der Waals surface area contributed by atoms with Gasteiger partial charge in [0.05, 0.1) is 22.4 Å². The monoisotopic (exact) mass is 840 g/mol.